The van der Waals surface area contributed by atoms with Crippen LogP contribution in [0.25, 0.3) is 55.6 Å². The molecule has 160 valence electrons. The molecule has 6 aromatic rings. The van der Waals surface area contributed by atoms with E-state index in [2.05, 4.69) is 40.3 Å². The van der Waals surface area contributed by atoms with Gasteiger partial charge in [0, 0.05) is 33.8 Å². The van der Waals surface area contributed by atoms with E-state index in [1.807, 2.05) is 42.6 Å². The van der Waals surface area contributed by atoms with Gasteiger partial charge in [0.2, 0.25) is 5.89 Å². The van der Waals surface area contributed by atoms with Gasteiger partial charge in [0.15, 0.2) is 5.76 Å². The average molecular weight is 434 g/mol. The predicted molar refractivity (Wildman–Crippen MR) is 129 cm³/mol. The second kappa shape index (κ2) is 7.64. The Bertz CT molecular complexity index is 1630. The number of aromatic amines is 1. The second-order valence-corrected chi connectivity index (χ2v) is 7.93. The summed E-state index contributed by atoms with van der Waals surface area (Å²) in [5, 5.41) is 3.18. The monoisotopic (exact) mass is 434 g/mol. The molecular weight excluding hydrogens is 415 g/mol. The van der Waals surface area contributed by atoms with E-state index in [-0.39, 0.29) is 5.82 Å². The Balaban J connectivity index is 1.39. The molecule has 0 fully saturated rings. The molecule has 0 aliphatic heterocycles. The van der Waals surface area contributed by atoms with Crippen molar-refractivity contribution in [2.24, 2.45) is 0 Å². The molecule has 33 heavy (non-hydrogen) atoms. The number of nitrogens with zero attached hydrogens (tertiary/aromatic N) is 1. The zero-order valence-corrected chi connectivity index (χ0v) is 17.8. The minimum atomic E-state index is -0.252. The van der Waals surface area contributed by atoms with Crippen molar-refractivity contribution in [3.8, 4) is 39.7 Å². The Morgan fingerprint density at radius 3 is 2.58 bits per heavy atom. The van der Waals surface area contributed by atoms with Crippen LogP contribution in [-0.2, 0) is 0 Å². The van der Waals surface area contributed by atoms with Crippen LogP contribution in [0.5, 0.6) is 5.75 Å². The van der Waals surface area contributed by atoms with Crippen molar-refractivity contribution in [1.29, 1.82) is 0 Å². The van der Waals surface area contributed by atoms with Gasteiger partial charge in [-0.15, -0.1) is 0 Å². The van der Waals surface area contributed by atoms with Crippen LogP contribution in [0.3, 0.4) is 0 Å². The summed E-state index contributed by atoms with van der Waals surface area (Å²) in [6, 6.07) is 25.0. The highest BCUT2D eigenvalue weighted by atomic mass is 19.1. The fraction of sp³-hybridized carbons (Fsp3) is 0.0357. The van der Waals surface area contributed by atoms with E-state index in [4.69, 9.17) is 9.15 Å². The lowest BCUT2D eigenvalue weighted by Gasteiger charge is -2.05. The first kappa shape index (κ1) is 19.3. The number of hydrogen-bond acceptors (Lipinski definition) is 3. The maximum absolute atomic E-state index is 13.6. The Morgan fingerprint density at radius 2 is 1.70 bits per heavy atom. The Hall–Kier alpha value is -4.38. The van der Waals surface area contributed by atoms with Gasteiger partial charge in [-0.3, -0.25) is 0 Å². The number of halogens is 1. The minimum absolute atomic E-state index is 0.252. The highest BCUT2D eigenvalue weighted by Crippen LogP contribution is 2.33. The molecule has 0 bridgehead atoms. The van der Waals surface area contributed by atoms with Crippen molar-refractivity contribution >= 4 is 21.7 Å². The summed E-state index contributed by atoms with van der Waals surface area (Å²) < 4.78 is 24.9. The molecule has 0 saturated carbocycles. The SMILES string of the molecule is COc1cccc(-c2cnc(-c3ccc4ccc(-c5c[nH]c6cc(F)ccc56)cc4c3)o2)c1. The molecule has 0 saturated heterocycles. The molecule has 2 heterocycles. The molecule has 6 rings (SSSR count). The van der Waals surface area contributed by atoms with Crippen LogP contribution in [-0.4, -0.2) is 17.1 Å². The Labute approximate surface area is 189 Å². The summed E-state index contributed by atoms with van der Waals surface area (Å²) in [5.41, 5.74) is 4.68. The van der Waals surface area contributed by atoms with E-state index < -0.39 is 0 Å². The third-order valence-electron chi connectivity index (χ3n) is 5.90. The van der Waals surface area contributed by atoms with Gasteiger partial charge in [0.25, 0.3) is 0 Å². The van der Waals surface area contributed by atoms with Crippen LogP contribution in [0.4, 0.5) is 4.39 Å². The zero-order chi connectivity index (χ0) is 22.4. The molecule has 0 spiro atoms. The number of benzene rings is 4. The van der Waals surface area contributed by atoms with E-state index in [1.165, 1.54) is 12.1 Å². The van der Waals surface area contributed by atoms with Gasteiger partial charge in [-0.1, -0.05) is 30.3 Å². The molecule has 2 aromatic heterocycles. The first-order valence-corrected chi connectivity index (χ1v) is 10.6. The molecule has 1 N–H and O–H groups in total. The van der Waals surface area contributed by atoms with E-state index in [9.17, 15) is 4.39 Å². The topological polar surface area (TPSA) is 51.0 Å². The van der Waals surface area contributed by atoms with Gasteiger partial charge in [-0.05, 0) is 64.9 Å². The highest BCUT2D eigenvalue weighted by Gasteiger charge is 2.12. The van der Waals surface area contributed by atoms with Crippen molar-refractivity contribution < 1.29 is 13.5 Å². The normalized spacial score (nSPS) is 11.3. The van der Waals surface area contributed by atoms with Crippen LogP contribution in [0.2, 0.25) is 0 Å². The number of fused-ring (bicyclic) bond motifs is 2. The van der Waals surface area contributed by atoms with Gasteiger partial charge in [-0.2, -0.15) is 0 Å². The van der Waals surface area contributed by atoms with Crippen molar-refractivity contribution in [3.05, 3.63) is 97.1 Å². The number of oxazole rings is 1. The number of methoxy groups -OCH3 is 1. The van der Waals surface area contributed by atoms with Gasteiger partial charge >= 0.3 is 0 Å². The molecule has 4 aromatic carbocycles. The fourth-order valence-electron chi connectivity index (χ4n) is 4.20. The van der Waals surface area contributed by atoms with Crippen molar-refractivity contribution in [2.45, 2.75) is 0 Å². The van der Waals surface area contributed by atoms with E-state index in [0.717, 1.165) is 49.7 Å². The molecule has 0 atom stereocenters. The minimum Gasteiger partial charge on any atom is -0.497 e. The fourth-order valence-corrected chi connectivity index (χ4v) is 4.20. The van der Waals surface area contributed by atoms with Crippen molar-refractivity contribution in [3.63, 3.8) is 0 Å². The summed E-state index contributed by atoms with van der Waals surface area (Å²) in [7, 11) is 1.64. The molecule has 4 nitrogen and oxygen atoms in total. The summed E-state index contributed by atoms with van der Waals surface area (Å²) >= 11 is 0. The van der Waals surface area contributed by atoms with Crippen LogP contribution in [0, 0.1) is 5.82 Å². The molecular formula is C28H19FN2O2. The van der Waals surface area contributed by atoms with Crippen molar-refractivity contribution in [1.82, 2.24) is 9.97 Å². The van der Waals surface area contributed by atoms with Crippen molar-refractivity contribution in [2.75, 3.05) is 7.11 Å². The zero-order valence-electron chi connectivity index (χ0n) is 17.8. The van der Waals surface area contributed by atoms with Gasteiger partial charge in [0.1, 0.15) is 11.6 Å². The van der Waals surface area contributed by atoms with Gasteiger partial charge in [0.05, 0.1) is 13.3 Å². The standard InChI is InChI=1S/C28H19FN2O2/c1-32-23-4-2-3-19(13-23)27-16-31-28(33-27)20-8-6-17-5-7-18(11-21(17)12-20)25-15-30-26-14-22(29)9-10-24(25)26/h2-16,30H,1H3. The second-order valence-electron chi connectivity index (χ2n) is 7.93. The first-order valence-electron chi connectivity index (χ1n) is 10.6. The Morgan fingerprint density at radius 1 is 0.848 bits per heavy atom. The van der Waals surface area contributed by atoms with Gasteiger partial charge in [-0.25, -0.2) is 9.37 Å². The summed E-state index contributed by atoms with van der Waals surface area (Å²) in [6.45, 7) is 0. The van der Waals surface area contributed by atoms with Crippen LogP contribution < -0.4 is 4.74 Å². The summed E-state index contributed by atoms with van der Waals surface area (Å²) in [6.07, 6.45) is 3.65. The maximum Gasteiger partial charge on any atom is 0.226 e. The molecule has 0 unspecified atom stereocenters. The number of H-pyrrole nitrogens is 1. The predicted octanol–water partition coefficient (Wildman–Crippen LogP) is 7.46. The maximum atomic E-state index is 13.6. The molecule has 0 aliphatic carbocycles. The van der Waals surface area contributed by atoms with Gasteiger partial charge < -0.3 is 14.1 Å². The lowest BCUT2D eigenvalue weighted by atomic mass is 9.99. The van der Waals surface area contributed by atoms with E-state index in [0.29, 0.717) is 11.7 Å². The smallest absolute Gasteiger partial charge is 0.226 e. The molecule has 5 heteroatoms. The largest absolute Gasteiger partial charge is 0.497 e. The highest BCUT2D eigenvalue weighted by molar-refractivity contribution is 5.98. The number of rotatable bonds is 4. The number of ether oxygens (including phenoxy) is 1. The Kier molecular flexibility index (Phi) is 4.47. The van der Waals surface area contributed by atoms with Crippen LogP contribution >= 0.6 is 0 Å². The molecule has 0 aliphatic rings. The lowest BCUT2D eigenvalue weighted by Crippen LogP contribution is -1.82. The number of hydrogen-bond donors (Lipinski definition) is 1. The molecule has 0 amide bonds. The van der Waals surface area contributed by atoms with E-state index >= 15 is 0 Å². The van der Waals surface area contributed by atoms with Crippen LogP contribution in [0.1, 0.15) is 0 Å². The third kappa shape index (κ3) is 3.44. The summed E-state index contributed by atoms with van der Waals surface area (Å²) in [4.78, 5) is 7.66. The quantitative estimate of drug-likeness (QED) is 0.313. The summed E-state index contributed by atoms with van der Waals surface area (Å²) in [5.74, 6) is 1.76. The molecule has 0 radical (unpaired) electrons. The third-order valence-corrected chi connectivity index (χ3v) is 5.90. The van der Waals surface area contributed by atoms with Crippen LogP contribution in [0.15, 0.2) is 95.7 Å². The number of aromatic nitrogens is 2. The first-order chi connectivity index (χ1) is 16.2. The average Bonchev–Trinajstić information content (AvgIpc) is 3.51. The number of nitrogens with one attached hydrogen (secondary N) is 1. The van der Waals surface area contributed by atoms with E-state index in [1.54, 1.807) is 13.3 Å². The lowest BCUT2D eigenvalue weighted by molar-refractivity contribution is 0.415.